The van der Waals surface area contributed by atoms with E-state index in [1.807, 2.05) is 80.0 Å². The highest BCUT2D eigenvalue weighted by Gasteiger charge is 2.35. The number of hydrogen-bond donors (Lipinski definition) is 1. The van der Waals surface area contributed by atoms with Crippen LogP contribution in [0.2, 0.25) is 0 Å². The van der Waals surface area contributed by atoms with Gasteiger partial charge in [0.25, 0.3) is 0 Å². The number of piperidine rings is 1. The third-order valence-corrected chi connectivity index (χ3v) is 6.33. The summed E-state index contributed by atoms with van der Waals surface area (Å²) in [5.41, 5.74) is 9.11. The Balaban J connectivity index is 1.68. The van der Waals surface area contributed by atoms with Crippen LogP contribution in [-0.2, 0) is 22.7 Å². The smallest absolute Gasteiger partial charge is 0.410 e. The number of benzene rings is 2. The molecule has 2 aromatic rings. The van der Waals surface area contributed by atoms with Crippen LogP contribution in [0.1, 0.15) is 50.3 Å². The van der Waals surface area contributed by atoms with Gasteiger partial charge >= 0.3 is 6.09 Å². The third kappa shape index (κ3) is 6.81. The fourth-order valence-corrected chi connectivity index (χ4v) is 4.00. The van der Waals surface area contributed by atoms with Crippen molar-refractivity contribution in [3.8, 4) is 0 Å². The van der Waals surface area contributed by atoms with Crippen LogP contribution in [0.25, 0.3) is 0 Å². The summed E-state index contributed by atoms with van der Waals surface area (Å²) in [6, 6.07) is 17.4. The fraction of sp³-hybridized carbons (Fsp3) is 0.481. The number of likely N-dealkylation sites (tertiary alicyclic amines) is 1. The number of rotatable bonds is 6. The molecule has 0 bridgehead atoms. The number of nitrogens with two attached hydrogens (primary N) is 1. The summed E-state index contributed by atoms with van der Waals surface area (Å²) in [4.78, 5) is 29.6. The number of amides is 2. The molecule has 1 unspecified atom stereocenters. The normalized spacial score (nSPS) is 15.7. The van der Waals surface area contributed by atoms with E-state index in [1.165, 1.54) is 5.56 Å². The second kappa shape index (κ2) is 10.8. The molecule has 6 heteroatoms. The molecule has 1 atom stereocenters. The van der Waals surface area contributed by atoms with E-state index < -0.39 is 6.04 Å². The van der Waals surface area contributed by atoms with Crippen LogP contribution in [0.5, 0.6) is 0 Å². The van der Waals surface area contributed by atoms with Gasteiger partial charge in [-0.3, -0.25) is 4.79 Å². The Kier molecular flexibility index (Phi) is 8.14. The van der Waals surface area contributed by atoms with Gasteiger partial charge in [0.15, 0.2) is 0 Å². The molecule has 1 aliphatic heterocycles. The van der Waals surface area contributed by atoms with E-state index >= 15 is 0 Å². The number of ether oxygens (including phenoxy) is 1. The monoisotopic (exact) mass is 451 g/mol. The van der Waals surface area contributed by atoms with Crippen molar-refractivity contribution in [2.24, 2.45) is 11.1 Å². The van der Waals surface area contributed by atoms with Crippen molar-refractivity contribution in [2.45, 2.75) is 65.8 Å². The van der Waals surface area contributed by atoms with Crippen molar-refractivity contribution >= 4 is 12.0 Å². The molecule has 1 aliphatic rings. The van der Waals surface area contributed by atoms with Crippen LogP contribution in [0.3, 0.4) is 0 Å². The minimum absolute atomic E-state index is 0.00416. The summed E-state index contributed by atoms with van der Waals surface area (Å²) in [7, 11) is 0. The lowest BCUT2D eigenvalue weighted by Crippen LogP contribution is -2.54. The Morgan fingerprint density at radius 1 is 1.03 bits per heavy atom. The van der Waals surface area contributed by atoms with Gasteiger partial charge in [0.2, 0.25) is 5.91 Å². The van der Waals surface area contributed by atoms with E-state index in [0.29, 0.717) is 32.5 Å². The van der Waals surface area contributed by atoms with Gasteiger partial charge in [0, 0.05) is 25.7 Å². The first kappa shape index (κ1) is 24.8. The number of carbonyl (C=O) groups is 2. The number of nitrogens with zero attached hydrogens (tertiary/aromatic N) is 2. The van der Waals surface area contributed by atoms with Crippen LogP contribution < -0.4 is 5.73 Å². The van der Waals surface area contributed by atoms with E-state index in [1.54, 1.807) is 0 Å². The second-order valence-corrected chi connectivity index (χ2v) is 10.1. The molecule has 0 saturated carbocycles. The first-order chi connectivity index (χ1) is 15.6. The van der Waals surface area contributed by atoms with Gasteiger partial charge in [0.05, 0.1) is 6.04 Å². The van der Waals surface area contributed by atoms with Crippen molar-refractivity contribution in [3.63, 3.8) is 0 Å². The van der Waals surface area contributed by atoms with E-state index in [-0.39, 0.29) is 30.1 Å². The van der Waals surface area contributed by atoms with Crippen LogP contribution in [0, 0.1) is 12.3 Å². The molecule has 0 aromatic heterocycles. The van der Waals surface area contributed by atoms with Crippen LogP contribution in [0.15, 0.2) is 54.6 Å². The summed E-state index contributed by atoms with van der Waals surface area (Å²) in [5, 5.41) is 0. The predicted molar refractivity (Wildman–Crippen MR) is 130 cm³/mol. The molecular formula is C27H37N3O3. The first-order valence-corrected chi connectivity index (χ1v) is 11.7. The predicted octanol–water partition coefficient (Wildman–Crippen LogP) is 4.50. The van der Waals surface area contributed by atoms with Gasteiger partial charge in [-0.05, 0) is 36.3 Å². The van der Waals surface area contributed by atoms with Gasteiger partial charge in [0.1, 0.15) is 6.61 Å². The molecule has 6 nitrogen and oxygen atoms in total. The lowest BCUT2D eigenvalue weighted by molar-refractivity contribution is -0.136. The summed E-state index contributed by atoms with van der Waals surface area (Å²) >= 11 is 0. The Hall–Kier alpha value is -2.86. The van der Waals surface area contributed by atoms with Crippen molar-refractivity contribution in [1.82, 2.24) is 9.80 Å². The standard InChI is InChI=1S/C27H37N3O3/c1-20-10-12-21(13-11-20)18-30(26(32)33-19-22-8-6-5-7-9-22)23-14-16-29(17-15-23)25(31)24(28)27(2,3)4/h5-13,23-24H,14-19,28H2,1-4H3. The molecule has 2 N–H and O–H groups in total. The minimum Gasteiger partial charge on any atom is -0.445 e. The van der Waals surface area contributed by atoms with Crippen LogP contribution >= 0.6 is 0 Å². The minimum atomic E-state index is -0.534. The highest BCUT2D eigenvalue weighted by Crippen LogP contribution is 2.24. The number of hydrogen-bond acceptors (Lipinski definition) is 4. The fourth-order valence-electron chi connectivity index (χ4n) is 4.00. The quantitative estimate of drug-likeness (QED) is 0.702. The van der Waals surface area contributed by atoms with E-state index in [2.05, 4.69) is 12.1 Å². The molecular weight excluding hydrogens is 414 g/mol. The van der Waals surface area contributed by atoms with E-state index in [4.69, 9.17) is 10.5 Å². The maximum Gasteiger partial charge on any atom is 0.410 e. The maximum absolute atomic E-state index is 13.1. The first-order valence-electron chi connectivity index (χ1n) is 11.7. The molecule has 1 fully saturated rings. The zero-order valence-corrected chi connectivity index (χ0v) is 20.3. The number of aryl methyl sites for hydroxylation is 1. The maximum atomic E-state index is 13.1. The van der Waals surface area contributed by atoms with Crippen molar-refractivity contribution in [3.05, 3.63) is 71.3 Å². The van der Waals surface area contributed by atoms with Gasteiger partial charge in [-0.2, -0.15) is 0 Å². The molecule has 0 radical (unpaired) electrons. The van der Waals surface area contributed by atoms with Gasteiger partial charge < -0.3 is 20.3 Å². The van der Waals surface area contributed by atoms with Crippen LogP contribution in [0.4, 0.5) is 4.79 Å². The summed E-state index contributed by atoms with van der Waals surface area (Å²) in [6.45, 7) is 9.88. The van der Waals surface area contributed by atoms with Gasteiger partial charge in [-0.1, -0.05) is 80.9 Å². The average molecular weight is 452 g/mol. The third-order valence-electron chi connectivity index (χ3n) is 6.33. The SMILES string of the molecule is Cc1ccc(CN(C(=O)OCc2ccccc2)C2CCN(C(=O)C(N)C(C)(C)C)CC2)cc1. The van der Waals surface area contributed by atoms with E-state index in [9.17, 15) is 9.59 Å². The summed E-state index contributed by atoms with van der Waals surface area (Å²) in [6.07, 6.45) is 1.08. The lowest BCUT2D eigenvalue weighted by atomic mass is 9.86. The highest BCUT2D eigenvalue weighted by atomic mass is 16.6. The lowest BCUT2D eigenvalue weighted by Gasteiger charge is -2.40. The Morgan fingerprint density at radius 2 is 1.64 bits per heavy atom. The second-order valence-electron chi connectivity index (χ2n) is 10.1. The molecule has 0 spiro atoms. The molecule has 2 aromatic carbocycles. The van der Waals surface area contributed by atoms with Crippen molar-refractivity contribution < 1.29 is 14.3 Å². The van der Waals surface area contributed by atoms with Crippen molar-refractivity contribution in [2.75, 3.05) is 13.1 Å². The molecule has 1 saturated heterocycles. The molecule has 2 amide bonds. The van der Waals surface area contributed by atoms with Gasteiger partial charge in [-0.15, -0.1) is 0 Å². The Bertz CT molecular complexity index is 914. The summed E-state index contributed by atoms with van der Waals surface area (Å²) < 4.78 is 5.68. The molecule has 1 heterocycles. The van der Waals surface area contributed by atoms with Crippen molar-refractivity contribution in [1.29, 1.82) is 0 Å². The van der Waals surface area contributed by atoms with E-state index in [0.717, 1.165) is 11.1 Å². The largest absolute Gasteiger partial charge is 0.445 e. The highest BCUT2D eigenvalue weighted by molar-refractivity contribution is 5.82. The molecule has 3 rings (SSSR count). The number of carbonyl (C=O) groups excluding carboxylic acids is 2. The van der Waals surface area contributed by atoms with Gasteiger partial charge in [-0.25, -0.2) is 4.79 Å². The molecule has 33 heavy (non-hydrogen) atoms. The summed E-state index contributed by atoms with van der Waals surface area (Å²) in [5.74, 6) is -0.0160. The topological polar surface area (TPSA) is 75.9 Å². The average Bonchev–Trinajstić information content (AvgIpc) is 2.81. The zero-order chi connectivity index (χ0) is 24.0. The zero-order valence-electron chi connectivity index (χ0n) is 20.3. The Labute approximate surface area is 197 Å². The molecule has 178 valence electrons. The molecule has 0 aliphatic carbocycles. The van der Waals surface area contributed by atoms with Crippen LogP contribution in [-0.4, -0.2) is 47.0 Å². The Morgan fingerprint density at radius 3 is 2.21 bits per heavy atom.